The molecular formula is C14H24N2O2S. The Morgan fingerprint density at radius 2 is 2.16 bits per heavy atom. The van der Waals surface area contributed by atoms with Gasteiger partial charge in [0.1, 0.15) is 0 Å². The summed E-state index contributed by atoms with van der Waals surface area (Å²) >= 11 is 1.71. The number of carbonyl (C=O) groups excluding carboxylic acids is 1. The van der Waals surface area contributed by atoms with Gasteiger partial charge in [-0.25, -0.2) is 4.98 Å². The summed E-state index contributed by atoms with van der Waals surface area (Å²) in [7, 11) is 1.43. The number of methoxy groups -OCH3 is 1. The first-order chi connectivity index (χ1) is 8.86. The summed E-state index contributed by atoms with van der Waals surface area (Å²) in [5.41, 5.74) is 1.19. The number of carbonyl (C=O) groups is 1. The van der Waals surface area contributed by atoms with Crippen molar-refractivity contribution in [3.8, 4) is 0 Å². The van der Waals surface area contributed by atoms with Crippen molar-refractivity contribution in [3.63, 3.8) is 0 Å². The fourth-order valence-corrected chi connectivity index (χ4v) is 2.55. The molecule has 0 bridgehead atoms. The fraction of sp³-hybridized carbons (Fsp3) is 0.714. The van der Waals surface area contributed by atoms with E-state index in [0.717, 1.165) is 23.8 Å². The Bertz CT molecular complexity index is 410. The zero-order valence-corrected chi connectivity index (χ0v) is 13.3. The van der Waals surface area contributed by atoms with Gasteiger partial charge in [-0.15, -0.1) is 11.3 Å². The molecule has 0 N–H and O–H groups in total. The first kappa shape index (κ1) is 16.1. The summed E-state index contributed by atoms with van der Waals surface area (Å²) in [5, 5.41) is 3.27. The van der Waals surface area contributed by atoms with E-state index in [-0.39, 0.29) is 11.4 Å². The molecule has 108 valence electrons. The van der Waals surface area contributed by atoms with Gasteiger partial charge in [0.2, 0.25) is 0 Å². The molecule has 0 aliphatic heterocycles. The molecule has 0 fully saturated rings. The molecule has 0 spiro atoms. The minimum Gasteiger partial charge on any atom is -0.469 e. The van der Waals surface area contributed by atoms with Crippen LogP contribution in [0.2, 0.25) is 0 Å². The average molecular weight is 284 g/mol. The SMILES string of the molecule is CCN(CCC(=O)OC)Cc1csc(C(C)(C)C)n1. The number of nitrogens with zero attached hydrogens (tertiary/aromatic N) is 2. The zero-order valence-electron chi connectivity index (χ0n) is 12.5. The molecule has 0 aromatic carbocycles. The van der Waals surface area contributed by atoms with E-state index >= 15 is 0 Å². The lowest BCUT2D eigenvalue weighted by Gasteiger charge is -2.18. The van der Waals surface area contributed by atoms with Crippen LogP contribution in [0.3, 0.4) is 0 Å². The minimum atomic E-state index is -0.160. The Morgan fingerprint density at radius 3 is 2.63 bits per heavy atom. The van der Waals surface area contributed by atoms with Gasteiger partial charge in [-0.05, 0) is 6.54 Å². The highest BCUT2D eigenvalue weighted by atomic mass is 32.1. The summed E-state index contributed by atoms with van der Waals surface area (Å²) in [6.45, 7) is 11.0. The topological polar surface area (TPSA) is 42.4 Å². The molecule has 0 aliphatic rings. The van der Waals surface area contributed by atoms with E-state index in [0.29, 0.717) is 13.0 Å². The van der Waals surface area contributed by atoms with E-state index in [9.17, 15) is 4.79 Å². The van der Waals surface area contributed by atoms with Crippen molar-refractivity contribution in [1.82, 2.24) is 9.88 Å². The molecule has 0 unspecified atom stereocenters. The third-order valence-corrected chi connectivity index (χ3v) is 4.20. The number of hydrogen-bond acceptors (Lipinski definition) is 5. The molecule has 4 nitrogen and oxygen atoms in total. The number of esters is 1. The van der Waals surface area contributed by atoms with Crippen molar-refractivity contribution in [2.24, 2.45) is 0 Å². The third-order valence-electron chi connectivity index (χ3n) is 2.89. The maximum absolute atomic E-state index is 11.2. The molecule has 0 radical (unpaired) electrons. The second-order valence-corrected chi connectivity index (χ2v) is 6.45. The highest BCUT2D eigenvalue weighted by Crippen LogP contribution is 2.25. The van der Waals surface area contributed by atoms with Crippen LogP contribution in [0.4, 0.5) is 0 Å². The van der Waals surface area contributed by atoms with Gasteiger partial charge < -0.3 is 4.74 Å². The first-order valence-electron chi connectivity index (χ1n) is 6.61. The second-order valence-electron chi connectivity index (χ2n) is 5.59. The molecule has 0 aliphatic carbocycles. The first-order valence-corrected chi connectivity index (χ1v) is 7.48. The lowest BCUT2D eigenvalue weighted by Crippen LogP contribution is -2.26. The van der Waals surface area contributed by atoms with Crippen LogP contribution in [0.1, 0.15) is 44.8 Å². The Kier molecular flexibility index (Phi) is 5.94. The van der Waals surface area contributed by atoms with Crippen LogP contribution >= 0.6 is 11.3 Å². The third kappa shape index (κ3) is 5.28. The van der Waals surface area contributed by atoms with Crippen molar-refractivity contribution in [1.29, 1.82) is 0 Å². The smallest absolute Gasteiger partial charge is 0.306 e. The van der Waals surface area contributed by atoms with Gasteiger partial charge in [0.15, 0.2) is 0 Å². The van der Waals surface area contributed by atoms with Crippen molar-refractivity contribution < 1.29 is 9.53 Å². The van der Waals surface area contributed by atoms with Crippen molar-refractivity contribution >= 4 is 17.3 Å². The Hall–Kier alpha value is -0.940. The predicted octanol–water partition coefficient (Wildman–Crippen LogP) is 2.83. The Morgan fingerprint density at radius 1 is 1.47 bits per heavy atom. The molecule has 19 heavy (non-hydrogen) atoms. The summed E-state index contributed by atoms with van der Waals surface area (Å²) in [4.78, 5) is 18.0. The highest BCUT2D eigenvalue weighted by Gasteiger charge is 2.18. The molecule has 1 rings (SSSR count). The number of thiazole rings is 1. The summed E-state index contributed by atoms with van der Waals surface area (Å²) < 4.78 is 4.66. The van der Waals surface area contributed by atoms with Gasteiger partial charge in [-0.2, -0.15) is 0 Å². The Balaban J connectivity index is 2.56. The maximum atomic E-state index is 11.2. The van der Waals surface area contributed by atoms with Gasteiger partial charge >= 0.3 is 5.97 Å². The fourth-order valence-electron chi connectivity index (χ4n) is 1.65. The standard InChI is InChI=1S/C14H24N2O2S/c1-6-16(8-7-12(17)18-5)9-11-10-19-13(15-11)14(2,3)4/h10H,6-9H2,1-5H3. The molecule has 1 heterocycles. The van der Waals surface area contributed by atoms with E-state index in [1.165, 1.54) is 7.11 Å². The van der Waals surface area contributed by atoms with Crippen molar-refractivity contribution in [3.05, 3.63) is 16.1 Å². The van der Waals surface area contributed by atoms with Crippen LogP contribution in [0.15, 0.2) is 5.38 Å². The molecule has 0 amide bonds. The number of hydrogen-bond donors (Lipinski definition) is 0. The van der Waals surface area contributed by atoms with Gasteiger partial charge in [0, 0.05) is 23.9 Å². The summed E-state index contributed by atoms with van der Waals surface area (Å²) in [6.07, 6.45) is 0.431. The Labute approximate surface area is 119 Å². The summed E-state index contributed by atoms with van der Waals surface area (Å²) in [6, 6.07) is 0. The average Bonchev–Trinajstić information content (AvgIpc) is 2.82. The monoisotopic (exact) mass is 284 g/mol. The van der Waals surface area contributed by atoms with Crippen LogP contribution in [-0.4, -0.2) is 36.1 Å². The molecule has 1 aromatic heterocycles. The predicted molar refractivity (Wildman–Crippen MR) is 78.4 cm³/mol. The van der Waals surface area contributed by atoms with Crippen molar-refractivity contribution in [2.75, 3.05) is 20.2 Å². The van der Waals surface area contributed by atoms with Gasteiger partial charge in [-0.3, -0.25) is 9.69 Å². The lowest BCUT2D eigenvalue weighted by atomic mass is 9.98. The molecule has 5 heteroatoms. The molecule has 1 aromatic rings. The lowest BCUT2D eigenvalue weighted by molar-refractivity contribution is -0.141. The van der Waals surface area contributed by atoms with E-state index in [2.05, 4.69) is 47.7 Å². The van der Waals surface area contributed by atoms with Gasteiger partial charge in [0.25, 0.3) is 0 Å². The van der Waals surface area contributed by atoms with E-state index in [1.807, 2.05) is 0 Å². The number of rotatable bonds is 6. The molecular weight excluding hydrogens is 260 g/mol. The zero-order chi connectivity index (χ0) is 14.5. The van der Waals surface area contributed by atoms with Crippen LogP contribution in [0.5, 0.6) is 0 Å². The number of ether oxygens (including phenoxy) is 1. The molecule has 0 saturated heterocycles. The maximum Gasteiger partial charge on any atom is 0.306 e. The van der Waals surface area contributed by atoms with Crippen LogP contribution in [0.25, 0.3) is 0 Å². The van der Waals surface area contributed by atoms with E-state index < -0.39 is 0 Å². The van der Waals surface area contributed by atoms with Crippen LogP contribution in [0, 0.1) is 0 Å². The van der Waals surface area contributed by atoms with Crippen molar-refractivity contribution in [2.45, 2.75) is 46.1 Å². The van der Waals surface area contributed by atoms with Gasteiger partial charge in [-0.1, -0.05) is 27.7 Å². The quantitative estimate of drug-likeness (QED) is 0.753. The molecule has 0 saturated carbocycles. The largest absolute Gasteiger partial charge is 0.469 e. The van der Waals surface area contributed by atoms with Crippen LogP contribution in [-0.2, 0) is 21.5 Å². The minimum absolute atomic E-state index is 0.103. The second kappa shape index (κ2) is 7.01. The normalized spacial score (nSPS) is 11.9. The molecule has 0 atom stereocenters. The number of aromatic nitrogens is 1. The van der Waals surface area contributed by atoms with Gasteiger partial charge in [0.05, 0.1) is 24.2 Å². The van der Waals surface area contributed by atoms with Crippen LogP contribution < -0.4 is 0 Å². The van der Waals surface area contributed by atoms with E-state index in [1.54, 1.807) is 11.3 Å². The highest BCUT2D eigenvalue weighted by molar-refractivity contribution is 7.09. The van der Waals surface area contributed by atoms with E-state index in [4.69, 9.17) is 0 Å². The summed E-state index contributed by atoms with van der Waals surface area (Å²) in [5.74, 6) is -0.160.